The summed E-state index contributed by atoms with van der Waals surface area (Å²) in [6.07, 6.45) is 0. The van der Waals surface area contributed by atoms with Gasteiger partial charge in [0.05, 0.1) is 0 Å². The van der Waals surface area contributed by atoms with Crippen LogP contribution in [-0.4, -0.2) is 10.5 Å². The van der Waals surface area contributed by atoms with Crippen LogP contribution in [0.15, 0.2) is 0 Å². The van der Waals surface area contributed by atoms with Crippen LogP contribution in [0.1, 0.15) is 0 Å². The summed E-state index contributed by atoms with van der Waals surface area (Å²) in [5.74, 6) is 0. The molecular formula is H4NO4P. The van der Waals surface area contributed by atoms with Crippen molar-refractivity contribution in [3.05, 3.63) is 0 Å². The second-order valence-corrected chi connectivity index (χ2v) is 0.856. The monoisotopic (exact) mass is 113 g/mol. The Morgan fingerprint density at radius 1 is 1.67 bits per heavy atom. The SMILES string of the molecule is N[P+](=O)[O-].OO. The molecule has 38 valence electrons. The van der Waals surface area contributed by atoms with Gasteiger partial charge < -0.3 is 4.89 Å². The molecule has 0 aromatic carbocycles. The van der Waals surface area contributed by atoms with Gasteiger partial charge >= 0.3 is 8.18 Å². The molecule has 0 amide bonds. The molecular weight excluding hydrogens is 109 g/mol. The van der Waals surface area contributed by atoms with Gasteiger partial charge in [-0.05, 0) is 0 Å². The van der Waals surface area contributed by atoms with Crippen molar-refractivity contribution >= 4 is 8.18 Å². The summed E-state index contributed by atoms with van der Waals surface area (Å²) in [7, 11) is -2.62. The smallest absolute Gasteiger partial charge is 0.405 e. The highest BCUT2D eigenvalue weighted by Gasteiger charge is 1.69. The number of hydrogen-bond acceptors (Lipinski definition) is 4. The highest BCUT2D eigenvalue weighted by Crippen LogP contribution is 1.81. The average Bonchev–Trinajstić information content (AvgIpc) is 1.41. The second-order valence-electron chi connectivity index (χ2n) is 0.285. The van der Waals surface area contributed by atoms with Crippen LogP contribution < -0.4 is 10.4 Å². The molecule has 0 aliphatic heterocycles. The quantitative estimate of drug-likeness (QED) is 0.212. The van der Waals surface area contributed by atoms with Gasteiger partial charge in [0, 0.05) is 0 Å². The minimum atomic E-state index is -2.62. The molecule has 0 spiro atoms. The van der Waals surface area contributed by atoms with E-state index in [9.17, 15) is 0 Å². The first kappa shape index (κ1) is 9.34. The predicted molar refractivity (Wildman–Crippen MR) is 17.1 cm³/mol. The lowest BCUT2D eigenvalue weighted by Gasteiger charge is -1.59. The number of nitrogens with two attached hydrogens (primary N) is 1. The van der Waals surface area contributed by atoms with Crippen molar-refractivity contribution in [3.63, 3.8) is 0 Å². The normalized spacial score (nSPS) is 8.33. The largest absolute Gasteiger partial charge is 0.578 e. The Bertz CT molecular complexity index is 30.5. The van der Waals surface area contributed by atoms with Crippen LogP contribution in [0, 0.1) is 0 Å². The van der Waals surface area contributed by atoms with E-state index in [4.69, 9.17) is 20.0 Å². The van der Waals surface area contributed by atoms with Gasteiger partial charge in [0.15, 0.2) is 0 Å². The number of hydrogen-bond donors (Lipinski definition) is 3. The Morgan fingerprint density at radius 3 is 1.67 bits per heavy atom. The minimum absolute atomic E-state index is 2.62. The van der Waals surface area contributed by atoms with Crippen molar-refractivity contribution in [1.82, 2.24) is 0 Å². The van der Waals surface area contributed by atoms with Crippen molar-refractivity contribution < 1.29 is 20.0 Å². The molecule has 0 saturated heterocycles. The Kier molecular flexibility index (Phi) is 13.8. The van der Waals surface area contributed by atoms with Gasteiger partial charge in [0.25, 0.3) is 0 Å². The van der Waals surface area contributed by atoms with Crippen LogP contribution in [0.2, 0.25) is 0 Å². The van der Waals surface area contributed by atoms with Gasteiger partial charge in [0.2, 0.25) is 0 Å². The average molecular weight is 113 g/mol. The first-order valence-corrected chi connectivity index (χ1v) is 2.07. The third-order valence-electron chi connectivity index (χ3n) is 0. The molecule has 0 aliphatic carbocycles. The fourth-order valence-electron chi connectivity index (χ4n) is 0. The van der Waals surface area contributed by atoms with Crippen LogP contribution in [0.5, 0.6) is 0 Å². The Morgan fingerprint density at radius 2 is 1.67 bits per heavy atom. The van der Waals surface area contributed by atoms with E-state index in [0.29, 0.717) is 0 Å². The van der Waals surface area contributed by atoms with Crippen LogP contribution >= 0.6 is 8.18 Å². The zero-order chi connectivity index (χ0) is 5.58. The molecule has 5 nitrogen and oxygen atoms in total. The third kappa shape index (κ3) is 9460. The molecule has 0 fully saturated rings. The van der Waals surface area contributed by atoms with E-state index >= 15 is 0 Å². The second kappa shape index (κ2) is 8.87. The van der Waals surface area contributed by atoms with E-state index in [-0.39, 0.29) is 0 Å². The van der Waals surface area contributed by atoms with Crippen molar-refractivity contribution in [2.45, 2.75) is 0 Å². The van der Waals surface area contributed by atoms with E-state index in [1.165, 1.54) is 0 Å². The predicted octanol–water partition coefficient (Wildman–Crippen LogP) is -1.02. The summed E-state index contributed by atoms with van der Waals surface area (Å²) >= 11 is 0. The maximum Gasteiger partial charge on any atom is 0.405 e. The van der Waals surface area contributed by atoms with E-state index < -0.39 is 8.18 Å². The number of rotatable bonds is 0. The Balaban J connectivity index is 0. The Hall–Kier alpha value is -0.0600. The Labute approximate surface area is 34.9 Å². The topological polar surface area (TPSA) is 107 Å². The molecule has 1 atom stereocenters. The van der Waals surface area contributed by atoms with E-state index in [0.717, 1.165) is 0 Å². The lowest BCUT2D eigenvalue weighted by Crippen LogP contribution is -1.91. The molecule has 4 N–H and O–H groups in total. The molecule has 6 heavy (non-hydrogen) atoms. The molecule has 0 heterocycles. The fraction of sp³-hybridized carbons (Fsp3) is 0. The van der Waals surface area contributed by atoms with E-state index in [2.05, 4.69) is 5.50 Å². The van der Waals surface area contributed by atoms with E-state index in [1.807, 2.05) is 0 Å². The summed E-state index contributed by atoms with van der Waals surface area (Å²) in [5.41, 5.74) is 4.06. The fourth-order valence-corrected chi connectivity index (χ4v) is 0. The summed E-state index contributed by atoms with van der Waals surface area (Å²) in [6.45, 7) is 0. The zero-order valence-electron chi connectivity index (χ0n) is 2.74. The standard InChI is InChI=1S/H2NO2P.H2O2/c1-4(2)3;1-2/h(H2,1,2,3);1-2H. The third-order valence-corrected chi connectivity index (χ3v) is 0. The maximum absolute atomic E-state index is 8.81. The zero-order valence-corrected chi connectivity index (χ0v) is 3.63. The van der Waals surface area contributed by atoms with E-state index in [1.54, 1.807) is 0 Å². The molecule has 6 heteroatoms. The summed E-state index contributed by atoms with van der Waals surface area (Å²) in [4.78, 5) is 8.81. The van der Waals surface area contributed by atoms with Gasteiger partial charge in [-0.15, -0.1) is 5.50 Å². The highest BCUT2D eigenvalue weighted by atomic mass is 31.1. The molecule has 1 unspecified atom stereocenters. The van der Waals surface area contributed by atoms with Gasteiger partial charge in [0.1, 0.15) is 0 Å². The van der Waals surface area contributed by atoms with Crippen molar-refractivity contribution in [2.75, 3.05) is 0 Å². The molecule has 0 aliphatic rings. The molecule has 0 bridgehead atoms. The van der Waals surface area contributed by atoms with Crippen molar-refractivity contribution in [3.8, 4) is 0 Å². The molecule has 0 radical (unpaired) electrons. The summed E-state index contributed by atoms with van der Waals surface area (Å²) < 4.78 is 8.81. The lowest BCUT2D eigenvalue weighted by atomic mass is 13.9. The van der Waals surface area contributed by atoms with Crippen LogP contribution in [0.25, 0.3) is 0 Å². The summed E-state index contributed by atoms with van der Waals surface area (Å²) in [6, 6.07) is 0. The van der Waals surface area contributed by atoms with Crippen molar-refractivity contribution in [2.24, 2.45) is 5.50 Å². The van der Waals surface area contributed by atoms with Gasteiger partial charge in [-0.3, -0.25) is 10.5 Å². The van der Waals surface area contributed by atoms with Crippen LogP contribution in [0.4, 0.5) is 0 Å². The highest BCUT2D eigenvalue weighted by molar-refractivity contribution is 7.33. The lowest BCUT2D eigenvalue weighted by molar-refractivity contribution is -0.176. The molecule has 0 rings (SSSR count). The van der Waals surface area contributed by atoms with Crippen LogP contribution in [0.3, 0.4) is 0 Å². The molecule has 0 saturated carbocycles. The first-order valence-electron chi connectivity index (χ1n) is 0.823. The minimum Gasteiger partial charge on any atom is -0.578 e. The van der Waals surface area contributed by atoms with Gasteiger partial charge in [-0.1, -0.05) is 4.57 Å². The molecule has 0 aromatic rings. The molecule has 0 aromatic heterocycles. The maximum atomic E-state index is 8.81. The first-order chi connectivity index (χ1) is 2.73. The van der Waals surface area contributed by atoms with Gasteiger partial charge in [-0.25, -0.2) is 0 Å². The van der Waals surface area contributed by atoms with Crippen LogP contribution in [-0.2, 0) is 4.57 Å². The van der Waals surface area contributed by atoms with Gasteiger partial charge in [-0.2, -0.15) is 0 Å². The van der Waals surface area contributed by atoms with Crippen molar-refractivity contribution in [1.29, 1.82) is 0 Å². The summed E-state index contributed by atoms with van der Waals surface area (Å²) in [5, 5.41) is 12.0.